The Morgan fingerprint density at radius 1 is 0.941 bits per heavy atom. The van der Waals surface area contributed by atoms with Gasteiger partial charge in [-0.1, -0.05) is 12.8 Å². The monoisotopic (exact) mass is 542 g/mol. The third-order valence-electron chi connectivity index (χ3n) is 5.27. The van der Waals surface area contributed by atoms with Crippen LogP contribution in [0, 0.1) is 23.7 Å². The van der Waals surface area contributed by atoms with E-state index in [0.29, 0.717) is 17.9 Å². The lowest BCUT2D eigenvalue weighted by atomic mass is 9.89. The van der Waals surface area contributed by atoms with Crippen LogP contribution in [-0.2, 0) is 20.6 Å². The van der Waals surface area contributed by atoms with Crippen molar-refractivity contribution in [3.8, 4) is 29.1 Å². The summed E-state index contributed by atoms with van der Waals surface area (Å²) in [6.45, 7) is 14.3. The van der Waals surface area contributed by atoms with E-state index in [2.05, 4.69) is 41.6 Å². The van der Waals surface area contributed by atoms with Gasteiger partial charge in [-0.05, 0) is 76.2 Å². The molecule has 194 valence electrons. The summed E-state index contributed by atoms with van der Waals surface area (Å²) in [5.74, 6) is 8.59. The molecular weight excluding hydrogens is 500 g/mol. The summed E-state index contributed by atoms with van der Waals surface area (Å²) in [4.78, 5) is 0. The van der Waals surface area contributed by atoms with Gasteiger partial charge in [0.15, 0.2) is 11.5 Å². The van der Waals surface area contributed by atoms with Gasteiger partial charge in [0, 0.05) is 31.8 Å². The Hall–Kier alpha value is -1.46. The van der Waals surface area contributed by atoms with Gasteiger partial charge in [-0.25, -0.2) is 0 Å². The number of hydrogen-bond acceptors (Lipinski definition) is 6. The third kappa shape index (κ3) is 9.30. The molecule has 0 amide bonds. The van der Waals surface area contributed by atoms with Crippen LogP contribution in [0.1, 0.15) is 60.5 Å². The average molecular weight is 544 g/mol. The summed E-state index contributed by atoms with van der Waals surface area (Å²) in [5.41, 5.74) is 0.972. The molecule has 0 saturated carbocycles. The second-order valence-corrected chi connectivity index (χ2v) is 9.92. The summed E-state index contributed by atoms with van der Waals surface area (Å²) in [7, 11) is 5.00. The maximum absolute atomic E-state index is 6.21. The number of benzene rings is 1. The van der Waals surface area contributed by atoms with Gasteiger partial charge in [-0.3, -0.25) is 0 Å². The largest absolute Gasteiger partial charge is 0.492 e. The van der Waals surface area contributed by atoms with Crippen LogP contribution >= 0.6 is 15.9 Å². The molecule has 6 nitrogen and oxygen atoms in total. The molecule has 1 rings (SSSR count). The lowest BCUT2D eigenvalue weighted by Crippen LogP contribution is -2.38. The predicted molar refractivity (Wildman–Crippen MR) is 140 cm³/mol. The van der Waals surface area contributed by atoms with Crippen molar-refractivity contribution in [2.45, 2.75) is 85.7 Å². The fraction of sp³-hybridized carbons (Fsp3) is 0.704. The molecule has 0 aliphatic rings. The first kappa shape index (κ1) is 30.6. The van der Waals surface area contributed by atoms with Crippen molar-refractivity contribution in [2.75, 3.05) is 28.1 Å². The number of hydrogen-bond donors (Lipinski definition) is 0. The second-order valence-electron chi connectivity index (χ2n) is 9.07. The molecule has 0 radical (unpaired) electrons. The van der Waals surface area contributed by atoms with Crippen molar-refractivity contribution in [3.05, 3.63) is 16.1 Å². The number of methoxy groups -OCH3 is 3. The molecule has 34 heavy (non-hydrogen) atoms. The van der Waals surface area contributed by atoms with Crippen LogP contribution in [0.15, 0.2) is 10.5 Å². The Kier molecular flexibility index (Phi) is 14.0. The Bertz CT molecular complexity index is 799. The molecule has 1 aromatic rings. The molecule has 0 unspecified atom stereocenters. The molecular formula is C27H43BrO6. The molecule has 7 heteroatoms. The van der Waals surface area contributed by atoms with Crippen molar-refractivity contribution in [2.24, 2.45) is 11.8 Å². The fourth-order valence-corrected chi connectivity index (χ4v) is 4.52. The highest BCUT2D eigenvalue weighted by Crippen LogP contribution is 2.45. The van der Waals surface area contributed by atoms with E-state index in [0.717, 1.165) is 22.2 Å². The zero-order valence-corrected chi connectivity index (χ0v) is 24.1. The normalized spacial score (nSPS) is 14.9. The fourth-order valence-electron chi connectivity index (χ4n) is 3.98. The van der Waals surface area contributed by atoms with E-state index in [1.807, 2.05) is 40.7 Å². The maximum atomic E-state index is 6.21. The first-order valence-electron chi connectivity index (χ1n) is 11.9. The van der Waals surface area contributed by atoms with Crippen LogP contribution in [0.4, 0.5) is 0 Å². The molecule has 0 N–H and O–H groups in total. The van der Waals surface area contributed by atoms with E-state index < -0.39 is 0 Å². The molecule has 0 aliphatic carbocycles. The van der Waals surface area contributed by atoms with E-state index in [4.69, 9.17) is 28.4 Å². The molecule has 0 aliphatic heterocycles. The van der Waals surface area contributed by atoms with Gasteiger partial charge < -0.3 is 28.4 Å². The predicted octanol–water partition coefficient (Wildman–Crippen LogP) is 6.26. The molecule has 1 aromatic carbocycles. The molecule has 0 bridgehead atoms. The Morgan fingerprint density at radius 3 is 2.09 bits per heavy atom. The average Bonchev–Trinajstić information content (AvgIpc) is 2.75. The molecule has 0 spiro atoms. The van der Waals surface area contributed by atoms with Gasteiger partial charge >= 0.3 is 0 Å². The first-order chi connectivity index (χ1) is 16.1. The Labute approximate surface area is 215 Å². The summed E-state index contributed by atoms with van der Waals surface area (Å²) in [6, 6.07) is 1.92. The van der Waals surface area contributed by atoms with Crippen LogP contribution in [0.5, 0.6) is 17.2 Å². The Morgan fingerprint density at radius 2 is 1.59 bits per heavy atom. The standard InChI is InChI=1S/C27H43BrO6/c1-11-12-20(7)25(32-16-29-8)23(30-9)14-19(6)13-21-26(34-18(4)5)22(28)15-24(27(21)31-10)33-17(2)3/h15,17-20,23,25H,13-14,16H2,1-10H3/t19-,20+,23+,25-/m1/s1. The van der Waals surface area contributed by atoms with E-state index >= 15 is 0 Å². The molecule has 0 heterocycles. The topological polar surface area (TPSA) is 55.4 Å². The summed E-state index contributed by atoms with van der Waals surface area (Å²) in [5, 5.41) is 0. The van der Waals surface area contributed by atoms with Crippen molar-refractivity contribution >= 4 is 15.9 Å². The molecule has 0 aromatic heterocycles. The smallest absolute Gasteiger partial charge is 0.167 e. The minimum absolute atomic E-state index is 0.00332. The lowest BCUT2D eigenvalue weighted by Gasteiger charge is -2.31. The maximum Gasteiger partial charge on any atom is 0.167 e. The van der Waals surface area contributed by atoms with Crippen LogP contribution in [0.3, 0.4) is 0 Å². The SMILES string of the molecule is CC#C[C@H](C)[C@@H](OCOC)[C@H](C[C@H](C)Cc1c(OC(C)C)c(Br)cc(OC(C)C)c1OC)OC. The van der Waals surface area contributed by atoms with Crippen molar-refractivity contribution in [1.82, 2.24) is 0 Å². The van der Waals surface area contributed by atoms with Crippen molar-refractivity contribution in [1.29, 1.82) is 0 Å². The summed E-state index contributed by atoms with van der Waals surface area (Å²) >= 11 is 3.69. The van der Waals surface area contributed by atoms with Crippen molar-refractivity contribution in [3.63, 3.8) is 0 Å². The second kappa shape index (κ2) is 15.5. The Balaban J connectivity index is 3.31. The van der Waals surface area contributed by atoms with Gasteiger partial charge in [0.25, 0.3) is 0 Å². The molecule has 0 saturated heterocycles. The van der Waals surface area contributed by atoms with Crippen molar-refractivity contribution < 1.29 is 28.4 Å². The van der Waals surface area contributed by atoms with Crippen LogP contribution in [0.2, 0.25) is 0 Å². The van der Waals surface area contributed by atoms with Gasteiger partial charge in [-0.15, -0.1) is 5.92 Å². The first-order valence-corrected chi connectivity index (χ1v) is 12.7. The summed E-state index contributed by atoms with van der Waals surface area (Å²) < 4.78 is 36.0. The van der Waals surface area contributed by atoms with Crippen LogP contribution < -0.4 is 14.2 Å². The highest BCUT2D eigenvalue weighted by atomic mass is 79.9. The highest BCUT2D eigenvalue weighted by Gasteiger charge is 2.30. The highest BCUT2D eigenvalue weighted by molar-refractivity contribution is 9.10. The van der Waals surface area contributed by atoms with E-state index in [1.54, 1.807) is 21.3 Å². The lowest BCUT2D eigenvalue weighted by molar-refractivity contribution is -0.135. The molecule has 0 fully saturated rings. The quantitative estimate of drug-likeness (QED) is 0.192. The minimum Gasteiger partial charge on any atom is -0.492 e. The summed E-state index contributed by atoms with van der Waals surface area (Å²) in [6.07, 6.45) is 1.14. The molecule has 4 atom stereocenters. The number of rotatable bonds is 15. The van der Waals surface area contributed by atoms with Gasteiger partial charge in [0.1, 0.15) is 12.5 Å². The van der Waals surface area contributed by atoms with E-state index in [-0.39, 0.29) is 43.0 Å². The van der Waals surface area contributed by atoms with Gasteiger partial charge in [0.2, 0.25) is 0 Å². The minimum atomic E-state index is -0.213. The number of halogens is 1. The number of ether oxygens (including phenoxy) is 6. The van der Waals surface area contributed by atoms with Gasteiger partial charge in [0.05, 0.1) is 36.0 Å². The van der Waals surface area contributed by atoms with E-state index in [9.17, 15) is 0 Å². The van der Waals surface area contributed by atoms with Crippen LogP contribution in [0.25, 0.3) is 0 Å². The third-order valence-corrected chi connectivity index (χ3v) is 5.86. The van der Waals surface area contributed by atoms with Gasteiger partial charge in [-0.2, -0.15) is 0 Å². The zero-order valence-electron chi connectivity index (χ0n) is 22.5. The van der Waals surface area contributed by atoms with Crippen LogP contribution in [-0.4, -0.2) is 52.5 Å². The zero-order chi connectivity index (χ0) is 25.8. The van der Waals surface area contributed by atoms with E-state index in [1.165, 1.54) is 0 Å².